The Hall–Kier alpha value is -1.09. The Bertz CT molecular complexity index is 299. The maximum Gasteiger partial charge on any atom is 0.123 e. The van der Waals surface area contributed by atoms with E-state index in [0.717, 1.165) is 30.6 Å². The van der Waals surface area contributed by atoms with Gasteiger partial charge in [-0.15, -0.1) is 0 Å². The quantitative estimate of drug-likeness (QED) is 0.591. The van der Waals surface area contributed by atoms with E-state index in [0.29, 0.717) is 0 Å². The second-order valence-electron chi connectivity index (χ2n) is 3.07. The average molecular weight is 166 g/mol. The van der Waals surface area contributed by atoms with Gasteiger partial charge in [0.25, 0.3) is 0 Å². The summed E-state index contributed by atoms with van der Waals surface area (Å²) >= 11 is 0. The van der Waals surface area contributed by atoms with Gasteiger partial charge in [-0.3, -0.25) is 0 Å². The number of hydrogen-bond donors (Lipinski definition) is 1. The third kappa shape index (κ3) is 1.16. The fourth-order valence-corrected chi connectivity index (χ4v) is 1.59. The Morgan fingerprint density at radius 2 is 2.25 bits per heavy atom. The van der Waals surface area contributed by atoms with Crippen LogP contribution in [0, 0.1) is 5.82 Å². The summed E-state index contributed by atoms with van der Waals surface area (Å²) in [6.07, 6.45) is 1.94. The Labute approximate surface area is 70.8 Å². The molecule has 2 rings (SSSR count). The summed E-state index contributed by atoms with van der Waals surface area (Å²) < 4.78 is 12.8. The standard InChI is InChI=1S/C9H11FN2/c10-8-3-4-9-7(6-8)2-1-5-12(9)11/h3-4,6H,1-2,5,11H2. The largest absolute Gasteiger partial charge is 0.311 e. The molecule has 0 aromatic heterocycles. The van der Waals surface area contributed by atoms with Crippen LogP contribution in [0.2, 0.25) is 0 Å². The third-order valence-electron chi connectivity index (χ3n) is 2.20. The van der Waals surface area contributed by atoms with Crippen molar-refractivity contribution in [2.24, 2.45) is 5.84 Å². The van der Waals surface area contributed by atoms with Crippen molar-refractivity contribution in [3.8, 4) is 0 Å². The minimum Gasteiger partial charge on any atom is -0.311 e. The van der Waals surface area contributed by atoms with Gasteiger partial charge < -0.3 is 5.01 Å². The van der Waals surface area contributed by atoms with Gasteiger partial charge in [0.05, 0.1) is 5.69 Å². The molecule has 1 heterocycles. The molecule has 0 unspecified atom stereocenters. The Morgan fingerprint density at radius 3 is 3.08 bits per heavy atom. The van der Waals surface area contributed by atoms with Crippen molar-refractivity contribution in [2.45, 2.75) is 12.8 Å². The van der Waals surface area contributed by atoms with Gasteiger partial charge in [-0.05, 0) is 36.6 Å². The van der Waals surface area contributed by atoms with E-state index in [2.05, 4.69) is 0 Å². The molecule has 0 atom stereocenters. The van der Waals surface area contributed by atoms with Crippen molar-refractivity contribution in [3.63, 3.8) is 0 Å². The van der Waals surface area contributed by atoms with Gasteiger partial charge in [0, 0.05) is 6.54 Å². The Kier molecular flexibility index (Phi) is 1.73. The van der Waals surface area contributed by atoms with Crippen LogP contribution < -0.4 is 10.9 Å². The number of hydrazine groups is 1. The van der Waals surface area contributed by atoms with Crippen molar-refractivity contribution in [3.05, 3.63) is 29.6 Å². The van der Waals surface area contributed by atoms with E-state index in [9.17, 15) is 4.39 Å². The van der Waals surface area contributed by atoms with Crippen LogP contribution in [0.15, 0.2) is 18.2 Å². The molecule has 64 valence electrons. The molecule has 1 aliphatic heterocycles. The van der Waals surface area contributed by atoms with E-state index in [1.54, 1.807) is 17.1 Å². The molecule has 0 saturated carbocycles. The number of fused-ring (bicyclic) bond motifs is 1. The first kappa shape index (κ1) is 7.55. The minimum atomic E-state index is -0.177. The summed E-state index contributed by atoms with van der Waals surface area (Å²) in [5, 5.41) is 1.68. The summed E-state index contributed by atoms with van der Waals surface area (Å²) in [6, 6.07) is 4.75. The third-order valence-corrected chi connectivity index (χ3v) is 2.20. The van der Waals surface area contributed by atoms with E-state index >= 15 is 0 Å². The molecule has 2 nitrogen and oxygen atoms in total. The highest BCUT2D eigenvalue weighted by Crippen LogP contribution is 2.24. The lowest BCUT2D eigenvalue weighted by Crippen LogP contribution is -2.35. The van der Waals surface area contributed by atoms with E-state index < -0.39 is 0 Å². The normalized spacial score (nSPS) is 16.0. The number of anilines is 1. The zero-order chi connectivity index (χ0) is 8.55. The summed E-state index contributed by atoms with van der Waals surface area (Å²) in [4.78, 5) is 0. The summed E-state index contributed by atoms with van der Waals surface area (Å²) in [5.41, 5.74) is 1.98. The van der Waals surface area contributed by atoms with Crippen molar-refractivity contribution >= 4 is 5.69 Å². The number of benzene rings is 1. The van der Waals surface area contributed by atoms with Gasteiger partial charge in [0.15, 0.2) is 0 Å². The maximum absolute atomic E-state index is 12.8. The lowest BCUT2D eigenvalue weighted by molar-refractivity contribution is 0.619. The Morgan fingerprint density at radius 1 is 1.42 bits per heavy atom. The zero-order valence-electron chi connectivity index (χ0n) is 6.76. The predicted octanol–water partition coefficient (Wildman–Crippen LogP) is 1.45. The molecular weight excluding hydrogens is 155 g/mol. The highest BCUT2D eigenvalue weighted by Gasteiger charge is 2.13. The molecule has 0 spiro atoms. The number of aryl methyl sites for hydroxylation is 1. The van der Waals surface area contributed by atoms with Gasteiger partial charge in [-0.25, -0.2) is 10.2 Å². The van der Waals surface area contributed by atoms with E-state index in [4.69, 9.17) is 5.84 Å². The minimum absolute atomic E-state index is 0.177. The number of nitrogens with zero attached hydrogens (tertiary/aromatic N) is 1. The van der Waals surface area contributed by atoms with Crippen LogP contribution in [0.25, 0.3) is 0 Å². The zero-order valence-corrected chi connectivity index (χ0v) is 6.76. The Balaban J connectivity index is 2.46. The van der Waals surface area contributed by atoms with Crippen LogP contribution in [0.1, 0.15) is 12.0 Å². The summed E-state index contributed by atoms with van der Waals surface area (Å²) in [5.74, 6) is 5.53. The molecule has 0 amide bonds. The smallest absolute Gasteiger partial charge is 0.123 e. The number of halogens is 1. The van der Waals surface area contributed by atoms with Crippen LogP contribution in [0.5, 0.6) is 0 Å². The van der Waals surface area contributed by atoms with Crippen molar-refractivity contribution in [1.29, 1.82) is 0 Å². The van der Waals surface area contributed by atoms with Crippen LogP contribution in [0.4, 0.5) is 10.1 Å². The summed E-state index contributed by atoms with van der Waals surface area (Å²) in [6.45, 7) is 0.860. The SMILES string of the molecule is NN1CCCc2cc(F)ccc21. The molecule has 0 saturated heterocycles. The molecule has 2 N–H and O–H groups in total. The monoisotopic (exact) mass is 166 g/mol. The number of nitrogens with two attached hydrogens (primary N) is 1. The first-order valence-electron chi connectivity index (χ1n) is 4.08. The van der Waals surface area contributed by atoms with Gasteiger partial charge in [-0.2, -0.15) is 0 Å². The van der Waals surface area contributed by atoms with Gasteiger partial charge in [0.2, 0.25) is 0 Å². The number of rotatable bonds is 0. The van der Waals surface area contributed by atoms with Crippen molar-refractivity contribution in [1.82, 2.24) is 0 Å². The highest BCUT2D eigenvalue weighted by atomic mass is 19.1. The lowest BCUT2D eigenvalue weighted by Gasteiger charge is -2.26. The van der Waals surface area contributed by atoms with Crippen LogP contribution in [-0.4, -0.2) is 6.54 Å². The maximum atomic E-state index is 12.8. The molecule has 1 aromatic rings. The fraction of sp³-hybridized carbons (Fsp3) is 0.333. The highest BCUT2D eigenvalue weighted by molar-refractivity contribution is 5.54. The van der Waals surface area contributed by atoms with Gasteiger partial charge in [-0.1, -0.05) is 0 Å². The molecule has 12 heavy (non-hydrogen) atoms. The predicted molar refractivity (Wildman–Crippen MR) is 46.3 cm³/mol. The molecular formula is C9H11FN2. The second-order valence-corrected chi connectivity index (χ2v) is 3.07. The fourth-order valence-electron chi connectivity index (χ4n) is 1.59. The van der Waals surface area contributed by atoms with Gasteiger partial charge in [0.1, 0.15) is 5.82 Å². The van der Waals surface area contributed by atoms with Crippen molar-refractivity contribution < 1.29 is 4.39 Å². The second kappa shape index (κ2) is 2.75. The molecule has 0 bridgehead atoms. The molecule has 0 radical (unpaired) electrons. The van der Waals surface area contributed by atoms with E-state index in [1.165, 1.54) is 6.07 Å². The van der Waals surface area contributed by atoms with Gasteiger partial charge >= 0.3 is 0 Å². The van der Waals surface area contributed by atoms with Crippen molar-refractivity contribution in [2.75, 3.05) is 11.6 Å². The average Bonchev–Trinajstić information content (AvgIpc) is 2.04. The lowest BCUT2D eigenvalue weighted by atomic mass is 10.0. The molecule has 0 fully saturated rings. The number of hydrogen-bond acceptors (Lipinski definition) is 2. The van der Waals surface area contributed by atoms with E-state index in [-0.39, 0.29) is 5.82 Å². The summed E-state index contributed by atoms with van der Waals surface area (Å²) in [7, 11) is 0. The van der Waals surface area contributed by atoms with Crippen LogP contribution in [0.3, 0.4) is 0 Å². The molecule has 1 aliphatic rings. The molecule has 1 aromatic carbocycles. The van der Waals surface area contributed by atoms with Crippen LogP contribution >= 0.6 is 0 Å². The van der Waals surface area contributed by atoms with E-state index in [1.807, 2.05) is 0 Å². The molecule has 3 heteroatoms. The topological polar surface area (TPSA) is 29.3 Å². The molecule has 0 aliphatic carbocycles. The van der Waals surface area contributed by atoms with Crippen LogP contribution in [-0.2, 0) is 6.42 Å². The first-order chi connectivity index (χ1) is 5.77. The first-order valence-corrected chi connectivity index (χ1v) is 4.08.